The summed E-state index contributed by atoms with van der Waals surface area (Å²) in [5, 5.41) is 3.63. The average molecular weight is 412 g/mol. The second-order valence-corrected chi connectivity index (χ2v) is 8.01. The van der Waals surface area contributed by atoms with E-state index in [1.807, 2.05) is 56.3 Å². The van der Waals surface area contributed by atoms with E-state index in [1.165, 1.54) is 11.8 Å². The molecule has 3 aromatic rings. The fourth-order valence-electron chi connectivity index (χ4n) is 2.89. The Morgan fingerprint density at radius 3 is 2.62 bits per heavy atom. The maximum atomic E-state index is 13.2. The van der Waals surface area contributed by atoms with Crippen molar-refractivity contribution in [1.29, 1.82) is 0 Å². The average Bonchev–Trinajstić information content (AvgIpc) is 2.75. The second kappa shape index (κ2) is 9.60. The Hall–Kier alpha value is -2.80. The minimum Gasteiger partial charge on any atom is -0.497 e. The number of nitrogens with zero attached hydrogens (tertiary/aromatic N) is 2. The molecule has 3 rings (SSSR count). The Labute approximate surface area is 174 Å². The Kier molecular flexibility index (Phi) is 6.93. The lowest BCUT2D eigenvalue weighted by Gasteiger charge is -2.16. The summed E-state index contributed by atoms with van der Waals surface area (Å²) in [6, 6.07) is 14.9. The zero-order chi connectivity index (χ0) is 20.8. The van der Waals surface area contributed by atoms with Gasteiger partial charge in [0.15, 0.2) is 5.16 Å². The predicted octanol–water partition coefficient (Wildman–Crippen LogP) is 3.46. The number of benzene rings is 2. The summed E-state index contributed by atoms with van der Waals surface area (Å²) in [4.78, 5) is 30.2. The molecule has 0 aliphatic rings. The Bertz CT molecular complexity index is 1050. The van der Waals surface area contributed by atoms with Gasteiger partial charge in [-0.25, -0.2) is 4.98 Å². The summed E-state index contributed by atoms with van der Waals surface area (Å²) in [5.74, 6) is 0.698. The van der Waals surface area contributed by atoms with Crippen LogP contribution in [0.25, 0.3) is 10.9 Å². The first-order chi connectivity index (χ1) is 14.0. The molecule has 1 amide bonds. The number of rotatable bonds is 8. The summed E-state index contributed by atoms with van der Waals surface area (Å²) in [6.07, 6.45) is 0.875. The first-order valence-corrected chi connectivity index (χ1v) is 10.5. The van der Waals surface area contributed by atoms with Crippen molar-refractivity contribution in [2.75, 3.05) is 13.7 Å². The van der Waals surface area contributed by atoms with Gasteiger partial charge in [0.05, 0.1) is 29.8 Å². The Morgan fingerprint density at radius 2 is 1.93 bits per heavy atom. The monoisotopic (exact) mass is 411 g/mol. The van der Waals surface area contributed by atoms with Crippen LogP contribution in [0, 0.1) is 0 Å². The molecule has 0 bridgehead atoms. The molecule has 152 valence electrons. The third-order valence-electron chi connectivity index (χ3n) is 4.53. The SMILES string of the molecule is CCCNC(=O)[C@H](C)Sc1nc2ccccc2c(=O)n1Cc1ccc(OC)cc1. The van der Waals surface area contributed by atoms with Crippen molar-refractivity contribution in [2.24, 2.45) is 0 Å². The van der Waals surface area contributed by atoms with Crippen LogP contribution in [0.4, 0.5) is 0 Å². The van der Waals surface area contributed by atoms with Crippen LogP contribution >= 0.6 is 11.8 Å². The van der Waals surface area contributed by atoms with Crippen LogP contribution in [0.2, 0.25) is 0 Å². The minimum atomic E-state index is -0.364. The molecule has 6 nitrogen and oxygen atoms in total. The largest absolute Gasteiger partial charge is 0.497 e. The van der Waals surface area contributed by atoms with Gasteiger partial charge in [-0.1, -0.05) is 43.0 Å². The van der Waals surface area contributed by atoms with Crippen LogP contribution < -0.4 is 15.6 Å². The van der Waals surface area contributed by atoms with Gasteiger partial charge in [-0.2, -0.15) is 0 Å². The highest BCUT2D eigenvalue weighted by molar-refractivity contribution is 8.00. The number of fused-ring (bicyclic) bond motifs is 1. The molecule has 0 spiro atoms. The van der Waals surface area contributed by atoms with Crippen LogP contribution in [0.5, 0.6) is 5.75 Å². The normalized spacial score (nSPS) is 12.0. The van der Waals surface area contributed by atoms with E-state index < -0.39 is 0 Å². The molecule has 1 atom stereocenters. The molecule has 0 saturated carbocycles. The summed E-state index contributed by atoms with van der Waals surface area (Å²) >= 11 is 1.30. The maximum absolute atomic E-state index is 13.2. The van der Waals surface area contributed by atoms with E-state index in [0.29, 0.717) is 29.1 Å². The highest BCUT2D eigenvalue weighted by atomic mass is 32.2. The van der Waals surface area contributed by atoms with Gasteiger partial charge in [-0.05, 0) is 43.2 Å². The topological polar surface area (TPSA) is 73.2 Å². The van der Waals surface area contributed by atoms with Crippen LogP contribution in [0.15, 0.2) is 58.5 Å². The number of methoxy groups -OCH3 is 1. The molecule has 7 heteroatoms. The first kappa shape index (κ1) is 20.9. The highest BCUT2D eigenvalue weighted by Gasteiger charge is 2.19. The molecule has 1 aromatic heterocycles. The van der Waals surface area contributed by atoms with Crippen molar-refractivity contribution in [3.63, 3.8) is 0 Å². The maximum Gasteiger partial charge on any atom is 0.262 e. The summed E-state index contributed by atoms with van der Waals surface area (Å²) < 4.78 is 6.84. The summed E-state index contributed by atoms with van der Waals surface area (Å²) in [5.41, 5.74) is 1.47. The zero-order valence-electron chi connectivity index (χ0n) is 16.8. The number of carbonyl (C=O) groups is 1. The van der Waals surface area contributed by atoms with Gasteiger partial charge in [-0.3, -0.25) is 14.2 Å². The number of nitrogens with one attached hydrogen (secondary N) is 1. The predicted molar refractivity (Wildman–Crippen MR) is 117 cm³/mol. The molecule has 0 fully saturated rings. The number of thioether (sulfide) groups is 1. The van der Waals surface area contributed by atoms with Gasteiger partial charge in [0.1, 0.15) is 5.75 Å². The number of para-hydroxylation sites is 1. The van der Waals surface area contributed by atoms with Crippen LogP contribution in [0.3, 0.4) is 0 Å². The van der Waals surface area contributed by atoms with Crippen LogP contribution in [-0.2, 0) is 11.3 Å². The lowest BCUT2D eigenvalue weighted by Crippen LogP contribution is -2.32. The molecule has 0 unspecified atom stereocenters. The van der Waals surface area contributed by atoms with Crippen molar-refractivity contribution in [3.05, 3.63) is 64.4 Å². The fourth-order valence-corrected chi connectivity index (χ4v) is 3.83. The molecule has 0 saturated heterocycles. The molecular weight excluding hydrogens is 386 g/mol. The van der Waals surface area contributed by atoms with Gasteiger partial charge in [-0.15, -0.1) is 0 Å². The van der Waals surface area contributed by atoms with Gasteiger partial charge in [0.2, 0.25) is 5.91 Å². The van der Waals surface area contributed by atoms with Crippen molar-refractivity contribution in [2.45, 2.75) is 37.2 Å². The van der Waals surface area contributed by atoms with E-state index >= 15 is 0 Å². The van der Waals surface area contributed by atoms with E-state index in [4.69, 9.17) is 4.74 Å². The van der Waals surface area contributed by atoms with E-state index in [9.17, 15) is 9.59 Å². The molecule has 29 heavy (non-hydrogen) atoms. The van der Waals surface area contributed by atoms with Crippen molar-refractivity contribution < 1.29 is 9.53 Å². The molecule has 0 radical (unpaired) electrons. The zero-order valence-corrected chi connectivity index (χ0v) is 17.7. The van der Waals surface area contributed by atoms with E-state index in [0.717, 1.165) is 17.7 Å². The summed E-state index contributed by atoms with van der Waals surface area (Å²) in [6.45, 7) is 4.84. The number of amides is 1. The van der Waals surface area contributed by atoms with Gasteiger partial charge < -0.3 is 10.1 Å². The van der Waals surface area contributed by atoms with E-state index in [1.54, 1.807) is 17.7 Å². The van der Waals surface area contributed by atoms with Crippen molar-refractivity contribution in [1.82, 2.24) is 14.9 Å². The minimum absolute atomic E-state index is 0.0599. The number of carbonyl (C=O) groups excluding carboxylic acids is 1. The third-order valence-corrected chi connectivity index (χ3v) is 5.62. The first-order valence-electron chi connectivity index (χ1n) is 9.60. The standard InChI is InChI=1S/C22H25N3O3S/c1-4-13-23-20(26)15(2)29-22-24-19-8-6-5-7-18(19)21(27)25(22)14-16-9-11-17(28-3)12-10-16/h5-12,15H,4,13-14H2,1-3H3,(H,23,26)/t15-/m0/s1. The van der Waals surface area contributed by atoms with E-state index in [-0.39, 0.29) is 16.7 Å². The number of hydrogen-bond acceptors (Lipinski definition) is 5. The van der Waals surface area contributed by atoms with Crippen LogP contribution in [0.1, 0.15) is 25.8 Å². The van der Waals surface area contributed by atoms with Crippen LogP contribution in [-0.4, -0.2) is 34.4 Å². The van der Waals surface area contributed by atoms with Crippen molar-refractivity contribution >= 4 is 28.6 Å². The summed E-state index contributed by atoms with van der Waals surface area (Å²) in [7, 11) is 1.62. The molecule has 0 aliphatic heterocycles. The van der Waals surface area contributed by atoms with E-state index in [2.05, 4.69) is 10.3 Å². The van der Waals surface area contributed by atoms with Crippen molar-refractivity contribution in [3.8, 4) is 5.75 Å². The number of hydrogen-bond donors (Lipinski definition) is 1. The Morgan fingerprint density at radius 1 is 1.21 bits per heavy atom. The second-order valence-electron chi connectivity index (χ2n) is 6.70. The fraction of sp³-hybridized carbons (Fsp3) is 0.318. The third kappa shape index (κ3) is 4.98. The molecule has 1 heterocycles. The smallest absolute Gasteiger partial charge is 0.262 e. The highest BCUT2D eigenvalue weighted by Crippen LogP contribution is 2.24. The molecule has 1 N–H and O–H groups in total. The molecular formula is C22H25N3O3S. The lowest BCUT2D eigenvalue weighted by molar-refractivity contribution is -0.120. The lowest BCUT2D eigenvalue weighted by atomic mass is 10.2. The quantitative estimate of drug-likeness (QED) is 0.454. The number of aromatic nitrogens is 2. The number of ether oxygens (including phenoxy) is 1. The van der Waals surface area contributed by atoms with Gasteiger partial charge >= 0.3 is 0 Å². The van der Waals surface area contributed by atoms with Gasteiger partial charge in [0, 0.05) is 6.54 Å². The molecule has 0 aliphatic carbocycles. The van der Waals surface area contributed by atoms with Gasteiger partial charge in [0.25, 0.3) is 5.56 Å². The molecule has 2 aromatic carbocycles. The Balaban J connectivity index is 1.98.